The number of thioether (sulfide) groups is 1. The van der Waals surface area contributed by atoms with Gasteiger partial charge in [0.2, 0.25) is 0 Å². The Kier molecular flexibility index (Phi) is 3.92. The van der Waals surface area contributed by atoms with Gasteiger partial charge in [-0.2, -0.15) is 5.10 Å². The van der Waals surface area contributed by atoms with Crippen LogP contribution in [-0.2, 0) is 11.8 Å². The van der Waals surface area contributed by atoms with Gasteiger partial charge in [0.1, 0.15) is 0 Å². The number of aliphatic imine (C=N–C) groups is 1. The first-order chi connectivity index (χ1) is 11.9. The maximum absolute atomic E-state index is 12.8. The van der Waals surface area contributed by atoms with Gasteiger partial charge in [0.15, 0.2) is 5.82 Å². The van der Waals surface area contributed by atoms with Crippen molar-refractivity contribution in [2.24, 2.45) is 12.0 Å². The molecule has 2 aromatic heterocycles. The molecule has 0 unspecified atom stereocenters. The molecule has 2 aliphatic heterocycles. The van der Waals surface area contributed by atoms with Gasteiger partial charge in [-0.3, -0.25) is 19.3 Å². The summed E-state index contributed by atoms with van der Waals surface area (Å²) in [4.78, 5) is 17.5. The molecule has 2 aromatic rings. The molecule has 1 saturated heterocycles. The highest BCUT2D eigenvalue weighted by Crippen LogP contribution is 2.45. The highest BCUT2D eigenvalue weighted by atomic mass is 32.2. The Morgan fingerprint density at radius 2 is 2.24 bits per heavy atom. The Bertz CT molecular complexity index is 891. The number of nitrogens with zero attached hydrogens (tertiary/aromatic N) is 4. The van der Waals surface area contributed by atoms with Crippen molar-refractivity contribution in [2.75, 3.05) is 6.61 Å². The van der Waals surface area contributed by atoms with E-state index in [1.165, 1.54) is 0 Å². The van der Waals surface area contributed by atoms with E-state index in [-0.39, 0.29) is 22.5 Å². The number of aryl methyl sites for hydroxylation is 1. The third-order valence-corrected chi connectivity index (χ3v) is 6.06. The quantitative estimate of drug-likeness (QED) is 0.892. The van der Waals surface area contributed by atoms with Crippen LogP contribution in [0.5, 0.6) is 0 Å². The van der Waals surface area contributed by atoms with Crippen molar-refractivity contribution < 1.29 is 4.74 Å². The van der Waals surface area contributed by atoms with Crippen LogP contribution in [0.4, 0.5) is 5.82 Å². The first-order valence-corrected chi connectivity index (χ1v) is 9.42. The molecule has 1 N–H and O–H groups in total. The molecule has 2 aliphatic rings. The minimum atomic E-state index is -0.194. The minimum Gasteiger partial charge on any atom is -0.375 e. The van der Waals surface area contributed by atoms with E-state index in [4.69, 9.17) is 9.73 Å². The Labute approximate surface area is 150 Å². The smallest absolute Gasteiger partial charge is 0.271 e. The molecule has 0 spiro atoms. The molecule has 0 saturated carbocycles. The van der Waals surface area contributed by atoms with Gasteiger partial charge < -0.3 is 4.74 Å². The number of hydrogen-bond donors (Lipinski definition) is 1. The topological polar surface area (TPSA) is 77.2 Å². The summed E-state index contributed by atoms with van der Waals surface area (Å²) in [5, 5.41) is 8.18. The third-order valence-electron chi connectivity index (χ3n) is 4.91. The Balaban J connectivity index is 1.81. The number of H-pyrrole nitrogens is 1. The molecule has 0 bridgehead atoms. The molecule has 0 aromatic carbocycles. The van der Waals surface area contributed by atoms with Gasteiger partial charge in [-0.25, -0.2) is 4.99 Å². The first-order valence-electron chi connectivity index (χ1n) is 8.54. The van der Waals surface area contributed by atoms with Crippen molar-refractivity contribution >= 4 is 22.6 Å². The van der Waals surface area contributed by atoms with Crippen LogP contribution in [0, 0.1) is 0 Å². The molecule has 0 radical (unpaired) electrons. The molecule has 25 heavy (non-hydrogen) atoms. The predicted octanol–water partition coefficient (Wildman–Crippen LogP) is 2.93. The average molecular weight is 361 g/mol. The van der Waals surface area contributed by atoms with Crippen LogP contribution >= 0.6 is 11.8 Å². The van der Waals surface area contributed by atoms with Gasteiger partial charge >= 0.3 is 0 Å². The van der Waals surface area contributed by atoms with Crippen molar-refractivity contribution in [3.63, 3.8) is 0 Å². The molecular weight excluding hydrogens is 338 g/mol. The highest BCUT2D eigenvalue weighted by Gasteiger charge is 2.36. The second kappa shape index (κ2) is 5.88. The van der Waals surface area contributed by atoms with Gasteiger partial charge in [-0.1, -0.05) is 11.8 Å². The van der Waals surface area contributed by atoms with E-state index < -0.39 is 0 Å². The number of aromatic amines is 1. The number of aromatic nitrogens is 4. The van der Waals surface area contributed by atoms with Crippen molar-refractivity contribution in [2.45, 2.75) is 50.5 Å². The van der Waals surface area contributed by atoms with Gasteiger partial charge in [0, 0.05) is 19.9 Å². The van der Waals surface area contributed by atoms with Gasteiger partial charge in [0.05, 0.1) is 33.2 Å². The van der Waals surface area contributed by atoms with Crippen molar-refractivity contribution in [1.29, 1.82) is 0 Å². The van der Waals surface area contributed by atoms with Crippen LogP contribution in [-0.4, -0.2) is 36.8 Å². The number of ether oxygens (including phenoxy) is 1. The molecule has 4 heterocycles. The molecule has 134 valence electrons. The molecule has 7 nitrogen and oxygen atoms in total. The largest absolute Gasteiger partial charge is 0.375 e. The number of hydrogen-bond acceptors (Lipinski definition) is 5. The molecule has 0 amide bonds. The van der Waals surface area contributed by atoms with Gasteiger partial charge in [-0.15, -0.1) is 0 Å². The van der Waals surface area contributed by atoms with Gasteiger partial charge in [0.25, 0.3) is 5.56 Å². The third kappa shape index (κ3) is 2.87. The fraction of sp³-hybridized carbons (Fsp3) is 0.588. The second-order valence-electron chi connectivity index (χ2n) is 7.31. The van der Waals surface area contributed by atoms with E-state index in [0.29, 0.717) is 6.61 Å². The summed E-state index contributed by atoms with van der Waals surface area (Å²) < 4.78 is 9.62. The molecule has 2 atom stereocenters. The van der Waals surface area contributed by atoms with Crippen LogP contribution in [0.15, 0.2) is 22.1 Å². The maximum Gasteiger partial charge on any atom is 0.271 e. The summed E-state index contributed by atoms with van der Waals surface area (Å²) in [6.45, 7) is 6.87. The summed E-state index contributed by atoms with van der Waals surface area (Å²) in [6, 6.07) is 2.15. The normalized spacial score (nSPS) is 25.5. The van der Waals surface area contributed by atoms with E-state index in [0.717, 1.165) is 35.0 Å². The zero-order valence-electron chi connectivity index (χ0n) is 14.9. The van der Waals surface area contributed by atoms with Crippen LogP contribution in [0.3, 0.4) is 0 Å². The Hall–Kier alpha value is -1.80. The summed E-state index contributed by atoms with van der Waals surface area (Å²) >= 11 is 1.61. The summed E-state index contributed by atoms with van der Waals surface area (Å²) in [7, 11) is 1.91. The average Bonchev–Trinajstić information content (AvgIpc) is 3.09. The van der Waals surface area contributed by atoms with E-state index in [1.54, 1.807) is 18.0 Å². The fourth-order valence-electron chi connectivity index (χ4n) is 3.74. The lowest BCUT2D eigenvalue weighted by Crippen LogP contribution is -2.35. The first kappa shape index (κ1) is 16.7. The fourth-order valence-corrected chi connectivity index (χ4v) is 4.91. The van der Waals surface area contributed by atoms with Crippen molar-refractivity contribution in [3.8, 4) is 0 Å². The summed E-state index contributed by atoms with van der Waals surface area (Å²) in [5.41, 5.74) is 1.48. The lowest BCUT2D eigenvalue weighted by atomic mass is 9.94. The molecule has 0 aliphatic carbocycles. The zero-order chi connectivity index (χ0) is 17.8. The second-order valence-corrected chi connectivity index (χ2v) is 8.61. The molecule has 8 heteroatoms. The van der Waals surface area contributed by atoms with E-state index in [1.807, 2.05) is 29.4 Å². The molecule has 1 fully saturated rings. The van der Waals surface area contributed by atoms with Crippen molar-refractivity contribution in [3.05, 3.63) is 33.9 Å². The van der Waals surface area contributed by atoms with Crippen molar-refractivity contribution in [1.82, 2.24) is 19.6 Å². The number of fused-ring (bicyclic) bond motifs is 1. The van der Waals surface area contributed by atoms with Gasteiger partial charge in [-0.05, 0) is 39.7 Å². The predicted molar refractivity (Wildman–Crippen MR) is 98.8 cm³/mol. The Morgan fingerprint density at radius 3 is 2.92 bits per heavy atom. The number of nitrogens with one attached hydrogen (secondary N) is 1. The van der Waals surface area contributed by atoms with E-state index >= 15 is 0 Å². The lowest BCUT2D eigenvalue weighted by molar-refractivity contribution is -0.0705. The maximum atomic E-state index is 12.8. The van der Waals surface area contributed by atoms with Crippen LogP contribution in [0.2, 0.25) is 0 Å². The van der Waals surface area contributed by atoms with Crippen LogP contribution in [0.25, 0.3) is 0 Å². The summed E-state index contributed by atoms with van der Waals surface area (Å²) in [6.07, 6.45) is 3.49. The minimum absolute atomic E-state index is 0.0609. The number of rotatable bonds is 2. The highest BCUT2D eigenvalue weighted by molar-refractivity contribution is 8.14. The van der Waals surface area contributed by atoms with E-state index in [2.05, 4.69) is 24.0 Å². The monoisotopic (exact) mass is 361 g/mol. The lowest BCUT2D eigenvalue weighted by Gasteiger charge is -2.36. The van der Waals surface area contributed by atoms with Crippen LogP contribution in [0.1, 0.15) is 56.2 Å². The Morgan fingerprint density at radius 1 is 1.44 bits per heavy atom. The molecule has 4 rings (SSSR count). The van der Waals surface area contributed by atoms with Crippen LogP contribution < -0.4 is 5.56 Å². The van der Waals surface area contributed by atoms with E-state index in [9.17, 15) is 4.79 Å². The summed E-state index contributed by atoms with van der Waals surface area (Å²) in [5.74, 6) is 0.759. The zero-order valence-corrected chi connectivity index (χ0v) is 15.8. The molecular formula is C17H23N5O2S. The standard InChI is InChI=1S/C17H23N5O2S/c1-10-19-15-13(14(25-10)12-5-7-18-21(12)4)16(23)20-22(15)11-6-8-24-17(2,3)9-11/h5,7,11,14H,6,8-9H2,1-4H3,(H,20,23)/t11-,14+/m1/s1. The SMILES string of the molecule is CC1=Nc2c(c(=O)[nH]n2[C@@H]2CCOC(C)(C)C2)[C@H](c2ccnn2C)S1.